The van der Waals surface area contributed by atoms with Crippen LogP contribution in [-0.4, -0.2) is 47.4 Å². The van der Waals surface area contributed by atoms with Crippen molar-refractivity contribution in [3.05, 3.63) is 21.0 Å². The molecule has 2 rings (SSSR count). The molecule has 0 saturated carbocycles. The first-order chi connectivity index (χ1) is 9.13. The van der Waals surface area contributed by atoms with E-state index in [9.17, 15) is 4.79 Å². The zero-order chi connectivity index (χ0) is 13.8. The zero-order valence-electron chi connectivity index (χ0n) is 11.0. The fraction of sp³-hybridized carbons (Fsp3) is 0.538. The van der Waals surface area contributed by atoms with E-state index in [4.69, 9.17) is 6.42 Å². The van der Waals surface area contributed by atoms with Gasteiger partial charge in [-0.1, -0.05) is 0 Å². The van der Waals surface area contributed by atoms with E-state index >= 15 is 0 Å². The van der Waals surface area contributed by atoms with Crippen LogP contribution >= 0.6 is 15.9 Å². The highest BCUT2D eigenvalue weighted by molar-refractivity contribution is 9.10. The molecule has 0 amide bonds. The van der Waals surface area contributed by atoms with Gasteiger partial charge >= 0.3 is 0 Å². The number of aromatic nitrogens is 2. The van der Waals surface area contributed by atoms with Crippen LogP contribution in [0.15, 0.2) is 15.5 Å². The van der Waals surface area contributed by atoms with E-state index in [-0.39, 0.29) is 5.56 Å². The molecule has 0 atom stereocenters. The molecule has 1 saturated heterocycles. The molecule has 0 bridgehead atoms. The second kappa shape index (κ2) is 6.22. The van der Waals surface area contributed by atoms with Crippen molar-refractivity contribution in [2.45, 2.75) is 6.42 Å². The standard InChI is InChI=1S/C13H17BrN4O/c1-3-4-5-17-6-8-18(9-7-17)11-10-15-16(2)13(19)12(11)14/h1,10H,4-9H2,2H3. The second-order valence-electron chi connectivity index (χ2n) is 4.56. The maximum atomic E-state index is 11.8. The van der Waals surface area contributed by atoms with Gasteiger partial charge in [0.15, 0.2) is 0 Å². The first kappa shape index (κ1) is 14.1. The van der Waals surface area contributed by atoms with Crippen molar-refractivity contribution < 1.29 is 0 Å². The van der Waals surface area contributed by atoms with Crippen LogP contribution in [0.2, 0.25) is 0 Å². The summed E-state index contributed by atoms with van der Waals surface area (Å²) in [6.07, 6.45) is 7.80. The quantitative estimate of drug-likeness (QED) is 0.767. The molecule has 0 radical (unpaired) electrons. The SMILES string of the molecule is C#CCCN1CCN(c2cnn(C)c(=O)c2Br)CC1. The Kier molecular flexibility index (Phi) is 4.61. The maximum absolute atomic E-state index is 11.8. The number of halogens is 1. The van der Waals surface area contributed by atoms with Gasteiger partial charge in [-0.2, -0.15) is 5.10 Å². The van der Waals surface area contributed by atoms with E-state index < -0.39 is 0 Å². The third kappa shape index (κ3) is 3.17. The summed E-state index contributed by atoms with van der Waals surface area (Å²) in [5.74, 6) is 2.66. The van der Waals surface area contributed by atoms with Crippen molar-refractivity contribution >= 4 is 21.6 Å². The number of nitrogens with zero attached hydrogens (tertiary/aromatic N) is 4. The number of hydrogen-bond acceptors (Lipinski definition) is 4. The summed E-state index contributed by atoms with van der Waals surface area (Å²) in [6, 6.07) is 0. The van der Waals surface area contributed by atoms with Crippen LogP contribution in [-0.2, 0) is 7.05 Å². The van der Waals surface area contributed by atoms with Gasteiger partial charge in [-0.05, 0) is 15.9 Å². The monoisotopic (exact) mass is 324 g/mol. The minimum atomic E-state index is -0.104. The molecule has 102 valence electrons. The molecule has 0 aliphatic carbocycles. The van der Waals surface area contributed by atoms with Crippen LogP contribution in [0.1, 0.15) is 6.42 Å². The Morgan fingerprint density at radius 2 is 2.11 bits per heavy atom. The highest BCUT2D eigenvalue weighted by Crippen LogP contribution is 2.22. The third-order valence-corrected chi connectivity index (χ3v) is 4.09. The lowest BCUT2D eigenvalue weighted by molar-refractivity contribution is 0.263. The molecule has 19 heavy (non-hydrogen) atoms. The highest BCUT2D eigenvalue weighted by Gasteiger charge is 2.20. The summed E-state index contributed by atoms with van der Waals surface area (Å²) in [4.78, 5) is 16.4. The predicted octanol–water partition coefficient (Wildman–Crippen LogP) is 0.688. The molecule has 2 heterocycles. The normalized spacial score (nSPS) is 16.4. The Bertz CT molecular complexity index is 541. The molecule has 1 aromatic rings. The molecule has 6 heteroatoms. The molecule has 1 aliphatic heterocycles. The van der Waals surface area contributed by atoms with Crippen LogP contribution < -0.4 is 10.5 Å². The number of rotatable bonds is 3. The number of terminal acetylenes is 1. The molecule has 5 nitrogen and oxygen atoms in total. The number of piperazine rings is 1. The Labute approximate surface area is 121 Å². The smallest absolute Gasteiger partial charge is 0.282 e. The van der Waals surface area contributed by atoms with Gasteiger partial charge in [-0.15, -0.1) is 12.3 Å². The Morgan fingerprint density at radius 3 is 2.74 bits per heavy atom. The summed E-state index contributed by atoms with van der Waals surface area (Å²) < 4.78 is 1.92. The van der Waals surface area contributed by atoms with E-state index in [2.05, 4.69) is 36.7 Å². The van der Waals surface area contributed by atoms with Crippen LogP contribution in [0.4, 0.5) is 5.69 Å². The van der Waals surface area contributed by atoms with Crippen molar-refractivity contribution in [3.63, 3.8) is 0 Å². The maximum Gasteiger partial charge on any atom is 0.282 e. The van der Waals surface area contributed by atoms with E-state index in [1.807, 2.05) is 0 Å². The lowest BCUT2D eigenvalue weighted by atomic mass is 10.2. The Balaban J connectivity index is 2.04. The van der Waals surface area contributed by atoms with Crippen molar-refractivity contribution in [3.8, 4) is 12.3 Å². The van der Waals surface area contributed by atoms with Gasteiger partial charge in [-0.25, -0.2) is 4.68 Å². The summed E-state index contributed by atoms with van der Waals surface area (Å²) in [6.45, 7) is 4.64. The van der Waals surface area contributed by atoms with E-state index in [1.165, 1.54) is 4.68 Å². The van der Waals surface area contributed by atoms with E-state index in [0.717, 1.165) is 44.8 Å². The first-order valence-electron chi connectivity index (χ1n) is 6.26. The van der Waals surface area contributed by atoms with Crippen molar-refractivity contribution in [1.82, 2.24) is 14.7 Å². The summed E-state index contributed by atoms with van der Waals surface area (Å²) >= 11 is 3.37. The summed E-state index contributed by atoms with van der Waals surface area (Å²) in [7, 11) is 1.65. The molecule has 0 N–H and O–H groups in total. The van der Waals surface area contributed by atoms with Crippen LogP contribution in [0.3, 0.4) is 0 Å². The van der Waals surface area contributed by atoms with Gasteiger partial charge in [0.25, 0.3) is 5.56 Å². The largest absolute Gasteiger partial charge is 0.367 e. The Hall–Kier alpha value is -1.32. The van der Waals surface area contributed by atoms with Gasteiger partial charge in [0, 0.05) is 46.2 Å². The average Bonchev–Trinajstić information content (AvgIpc) is 2.44. The molecule has 1 aromatic heterocycles. The first-order valence-corrected chi connectivity index (χ1v) is 7.05. The van der Waals surface area contributed by atoms with E-state index in [1.54, 1.807) is 13.2 Å². The van der Waals surface area contributed by atoms with Gasteiger partial charge in [0.05, 0.1) is 11.9 Å². The number of hydrogen-bond donors (Lipinski definition) is 0. The number of anilines is 1. The fourth-order valence-corrected chi connectivity index (χ4v) is 2.77. The Morgan fingerprint density at radius 1 is 1.42 bits per heavy atom. The molecular weight excluding hydrogens is 308 g/mol. The highest BCUT2D eigenvalue weighted by atomic mass is 79.9. The minimum absolute atomic E-state index is 0.104. The average molecular weight is 325 g/mol. The number of aryl methyl sites for hydroxylation is 1. The van der Waals surface area contributed by atoms with E-state index in [0.29, 0.717) is 4.47 Å². The van der Waals surface area contributed by atoms with Crippen LogP contribution in [0.5, 0.6) is 0 Å². The second-order valence-corrected chi connectivity index (χ2v) is 5.35. The zero-order valence-corrected chi connectivity index (χ0v) is 12.6. The van der Waals surface area contributed by atoms with Gasteiger partial charge < -0.3 is 4.90 Å². The third-order valence-electron chi connectivity index (χ3n) is 3.35. The molecular formula is C13H17BrN4O. The molecule has 0 unspecified atom stereocenters. The van der Waals surface area contributed by atoms with Gasteiger partial charge in [0.1, 0.15) is 4.47 Å². The van der Waals surface area contributed by atoms with Crippen LogP contribution in [0.25, 0.3) is 0 Å². The van der Waals surface area contributed by atoms with Crippen LogP contribution in [0, 0.1) is 12.3 Å². The van der Waals surface area contributed by atoms with Crippen molar-refractivity contribution in [2.24, 2.45) is 7.05 Å². The summed E-state index contributed by atoms with van der Waals surface area (Å²) in [5.41, 5.74) is 0.770. The van der Waals surface area contributed by atoms with Gasteiger partial charge in [-0.3, -0.25) is 9.69 Å². The summed E-state index contributed by atoms with van der Waals surface area (Å²) in [5, 5.41) is 4.08. The molecule has 0 spiro atoms. The van der Waals surface area contributed by atoms with Crippen molar-refractivity contribution in [2.75, 3.05) is 37.6 Å². The van der Waals surface area contributed by atoms with Crippen molar-refractivity contribution in [1.29, 1.82) is 0 Å². The minimum Gasteiger partial charge on any atom is -0.367 e. The fourth-order valence-electron chi connectivity index (χ4n) is 2.16. The predicted molar refractivity (Wildman–Crippen MR) is 79.3 cm³/mol. The lowest BCUT2D eigenvalue weighted by Crippen LogP contribution is -2.47. The topological polar surface area (TPSA) is 41.4 Å². The molecule has 0 aromatic carbocycles. The molecule has 1 fully saturated rings. The molecule has 1 aliphatic rings. The van der Waals surface area contributed by atoms with Gasteiger partial charge in [0.2, 0.25) is 0 Å². The lowest BCUT2D eigenvalue weighted by Gasteiger charge is -2.35.